The smallest absolute Gasteiger partial charge is 0.182 e. The molecule has 2 aromatic heterocycles. The minimum absolute atomic E-state index is 0.787. The summed E-state index contributed by atoms with van der Waals surface area (Å²) in [7, 11) is 0. The molecule has 2 heterocycles. The molecule has 0 atom stereocenters. The van der Waals surface area contributed by atoms with E-state index in [1.54, 1.807) is 6.26 Å². The van der Waals surface area contributed by atoms with Gasteiger partial charge in [-0.15, -0.1) is 0 Å². The van der Waals surface area contributed by atoms with Crippen molar-refractivity contribution in [1.29, 1.82) is 0 Å². The van der Waals surface area contributed by atoms with Crippen LogP contribution in [0.2, 0.25) is 0 Å². The van der Waals surface area contributed by atoms with Crippen molar-refractivity contribution in [1.82, 2.24) is 0 Å². The standard InChI is InChI=1S/C12H7O2/c1-2-5-11-9(4-1)10(8-14-11)12-6-3-7-13-12/h1-7H. The molecule has 0 amide bonds. The molecule has 0 aliphatic carbocycles. The second-order valence-corrected chi connectivity index (χ2v) is 3.05. The summed E-state index contributed by atoms with van der Waals surface area (Å²) in [6.45, 7) is 0. The van der Waals surface area contributed by atoms with Crippen molar-refractivity contribution in [3.63, 3.8) is 0 Å². The Morgan fingerprint density at radius 1 is 1.00 bits per heavy atom. The molecule has 0 aliphatic heterocycles. The zero-order chi connectivity index (χ0) is 9.38. The third-order valence-electron chi connectivity index (χ3n) is 2.19. The Hall–Kier alpha value is -1.96. The Balaban J connectivity index is 2.33. The van der Waals surface area contributed by atoms with Crippen LogP contribution in [0.1, 0.15) is 0 Å². The molecule has 0 unspecified atom stereocenters. The van der Waals surface area contributed by atoms with E-state index >= 15 is 0 Å². The highest BCUT2D eigenvalue weighted by molar-refractivity contribution is 5.91. The summed E-state index contributed by atoms with van der Waals surface area (Å²) in [5, 5.41) is 1.03. The van der Waals surface area contributed by atoms with Crippen LogP contribution in [0.25, 0.3) is 22.3 Å². The SMILES string of the molecule is [c]1oc2ccccc2c1-c1ccco1. The van der Waals surface area contributed by atoms with Gasteiger partial charge in [-0.1, -0.05) is 18.2 Å². The van der Waals surface area contributed by atoms with Gasteiger partial charge in [0.05, 0.1) is 11.8 Å². The van der Waals surface area contributed by atoms with Crippen molar-refractivity contribution in [3.8, 4) is 11.3 Å². The second-order valence-electron chi connectivity index (χ2n) is 3.05. The normalized spacial score (nSPS) is 10.9. The second kappa shape index (κ2) is 2.77. The van der Waals surface area contributed by atoms with Crippen LogP contribution in [-0.2, 0) is 0 Å². The number of rotatable bonds is 1. The average Bonchev–Trinajstić information content (AvgIpc) is 2.85. The molecule has 0 aliphatic rings. The van der Waals surface area contributed by atoms with E-state index in [-0.39, 0.29) is 0 Å². The van der Waals surface area contributed by atoms with Gasteiger partial charge in [0, 0.05) is 5.39 Å². The minimum Gasteiger partial charge on any atom is -0.464 e. The number of fused-ring (bicyclic) bond motifs is 1. The Morgan fingerprint density at radius 3 is 2.79 bits per heavy atom. The highest BCUT2D eigenvalue weighted by atomic mass is 16.3. The van der Waals surface area contributed by atoms with Crippen molar-refractivity contribution < 1.29 is 8.83 Å². The summed E-state index contributed by atoms with van der Waals surface area (Å²) >= 11 is 0. The van der Waals surface area contributed by atoms with Crippen LogP contribution in [0.5, 0.6) is 0 Å². The molecule has 3 rings (SSSR count). The van der Waals surface area contributed by atoms with Crippen LogP contribution < -0.4 is 0 Å². The molecule has 0 spiro atoms. The quantitative estimate of drug-likeness (QED) is 0.577. The van der Waals surface area contributed by atoms with Crippen molar-refractivity contribution in [3.05, 3.63) is 48.9 Å². The van der Waals surface area contributed by atoms with Gasteiger partial charge < -0.3 is 8.83 Å². The molecular formula is C12H7O2. The maximum Gasteiger partial charge on any atom is 0.182 e. The number of benzene rings is 1. The molecule has 0 bridgehead atoms. The average molecular weight is 183 g/mol. The maximum atomic E-state index is 5.29. The molecule has 2 heteroatoms. The molecule has 0 saturated carbocycles. The Morgan fingerprint density at radius 2 is 1.93 bits per heavy atom. The summed E-state index contributed by atoms with van der Waals surface area (Å²) in [5.74, 6) is 0.787. The first-order valence-corrected chi connectivity index (χ1v) is 4.38. The Labute approximate surface area is 80.8 Å². The van der Waals surface area contributed by atoms with Crippen LogP contribution in [-0.4, -0.2) is 0 Å². The van der Waals surface area contributed by atoms with Crippen LogP contribution in [0.4, 0.5) is 0 Å². The Kier molecular flexibility index (Phi) is 1.47. The lowest BCUT2D eigenvalue weighted by molar-refractivity contribution is 0.574. The highest BCUT2D eigenvalue weighted by Gasteiger charge is 2.09. The monoisotopic (exact) mass is 183 g/mol. The number of hydrogen-bond donors (Lipinski definition) is 0. The van der Waals surface area contributed by atoms with E-state index in [1.807, 2.05) is 36.4 Å². The van der Waals surface area contributed by atoms with Crippen LogP contribution >= 0.6 is 0 Å². The highest BCUT2D eigenvalue weighted by Crippen LogP contribution is 2.29. The topological polar surface area (TPSA) is 26.3 Å². The van der Waals surface area contributed by atoms with Gasteiger partial charge in [-0.05, 0) is 18.2 Å². The Bertz CT molecular complexity index is 546. The van der Waals surface area contributed by atoms with E-state index in [0.29, 0.717) is 0 Å². The minimum atomic E-state index is 0.787. The van der Waals surface area contributed by atoms with Gasteiger partial charge in [0.15, 0.2) is 6.26 Å². The summed E-state index contributed by atoms with van der Waals surface area (Å²) in [6.07, 6.45) is 4.49. The summed E-state index contributed by atoms with van der Waals surface area (Å²) in [5.41, 5.74) is 1.71. The first-order chi connectivity index (χ1) is 6.95. The third kappa shape index (κ3) is 0.973. The van der Waals surface area contributed by atoms with E-state index in [1.165, 1.54) is 0 Å². The maximum absolute atomic E-state index is 5.29. The van der Waals surface area contributed by atoms with Crippen molar-refractivity contribution >= 4 is 11.0 Å². The number of hydrogen-bond acceptors (Lipinski definition) is 2. The van der Waals surface area contributed by atoms with E-state index in [4.69, 9.17) is 8.83 Å². The molecule has 14 heavy (non-hydrogen) atoms. The molecule has 1 radical (unpaired) electrons. The number of furan rings is 2. The summed E-state index contributed by atoms with van der Waals surface area (Å²) < 4.78 is 10.6. The molecule has 0 fully saturated rings. The molecular weight excluding hydrogens is 176 g/mol. The van der Waals surface area contributed by atoms with Crippen LogP contribution in [0.15, 0.2) is 51.5 Å². The first-order valence-electron chi connectivity index (χ1n) is 4.38. The fraction of sp³-hybridized carbons (Fsp3) is 0. The van der Waals surface area contributed by atoms with Crippen LogP contribution in [0.3, 0.4) is 0 Å². The fourth-order valence-corrected chi connectivity index (χ4v) is 1.53. The van der Waals surface area contributed by atoms with Gasteiger partial charge in [0.2, 0.25) is 0 Å². The molecule has 1 aromatic carbocycles. The predicted octanol–water partition coefficient (Wildman–Crippen LogP) is 3.49. The lowest BCUT2D eigenvalue weighted by Crippen LogP contribution is -1.69. The van der Waals surface area contributed by atoms with E-state index in [9.17, 15) is 0 Å². The predicted molar refractivity (Wildman–Crippen MR) is 52.8 cm³/mol. The number of para-hydroxylation sites is 1. The molecule has 3 aromatic rings. The van der Waals surface area contributed by atoms with E-state index in [0.717, 1.165) is 22.3 Å². The zero-order valence-electron chi connectivity index (χ0n) is 7.36. The van der Waals surface area contributed by atoms with Gasteiger partial charge in [-0.25, -0.2) is 0 Å². The molecule has 0 N–H and O–H groups in total. The lowest BCUT2D eigenvalue weighted by atomic mass is 10.1. The van der Waals surface area contributed by atoms with Crippen LogP contribution in [0, 0.1) is 6.26 Å². The van der Waals surface area contributed by atoms with Crippen molar-refractivity contribution in [2.24, 2.45) is 0 Å². The fourth-order valence-electron chi connectivity index (χ4n) is 1.53. The molecule has 67 valence electrons. The third-order valence-corrected chi connectivity index (χ3v) is 2.19. The largest absolute Gasteiger partial charge is 0.464 e. The zero-order valence-corrected chi connectivity index (χ0v) is 7.36. The first kappa shape index (κ1) is 7.44. The van der Waals surface area contributed by atoms with Gasteiger partial charge in [-0.3, -0.25) is 0 Å². The van der Waals surface area contributed by atoms with Gasteiger partial charge in [0.1, 0.15) is 11.3 Å². The van der Waals surface area contributed by atoms with Gasteiger partial charge in [-0.2, -0.15) is 0 Å². The van der Waals surface area contributed by atoms with E-state index in [2.05, 4.69) is 6.26 Å². The summed E-state index contributed by atoms with van der Waals surface area (Å²) in [6, 6.07) is 11.6. The van der Waals surface area contributed by atoms with Gasteiger partial charge in [0.25, 0.3) is 0 Å². The van der Waals surface area contributed by atoms with E-state index < -0.39 is 0 Å². The van der Waals surface area contributed by atoms with Gasteiger partial charge >= 0.3 is 0 Å². The summed E-state index contributed by atoms with van der Waals surface area (Å²) in [4.78, 5) is 0. The molecule has 0 saturated heterocycles. The lowest BCUT2D eigenvalue weighted by Gasteiger charge is -1.90. The van der Waals surface area contributed by atoms with Crippen molar-refractivity contribution in [2.75, 3.05) is 0 Å². The molecule has 2 nitrogen and oxygen atoms in total. The van der Waals surface area contributed by atoms with Crippen molar-refractivity contribution in [2.45, 2.75) is 0 Å².